The SMILES string of the molecule is CC(C)Oc1cccc(-c2nc(C(C)CN)no2)c1. The Morgan fingerprint density at radius 1 is 1.32 bits per heavy atom. The van der Waals surface area contributed by atoms with Gasteiger partial charge in [-0.2, -0.15) is 4.98 Å². The zero-order chi connectivity index (χ0) is 13.8. The molecule has 1 atom stereocenters. The molecule has 1 aromatic carbocycles. The molecule has 2 rings (SSSR count). The molecule has 0 saturated heterocycles. The van der Waals surface area contributed by atoms with E-state index < -0.39 is 0 Å². The van der Waals surface area contributed by atoms with Gasteiger partial charge >= 0.3 is 0 Å². The van der Waals surface area contributed by atoms with Crippen molar-refractivity contribution in [3.8, 4) is 17.2 Å². The van der Waals surface area contributed by atoms with Crippen LogP contribution in [0.4, 0.5) is 0 Å². The van der Waals surface area contributed by atoms with Gasteiger partial charge < -0.3 is 15.0 Å². The molecule has 0 aliphatic rings. The van der Waals surface area contributed by atoms with Crippen molar-refractivity contribution in [2.75, 3.05) is 6.54 Å². The molecule has 0 fully saturated rings. The summed E-state index contributed by atoms with van der Waals surface area (Å²) in [4.78, 5) is 4.36. The Labute approximate surface area is 112 Å². The summed E-state index contributed by atoms with van der Waals surface area (Å²) in [6, 6.07) is 7.62. The van der Waals surface area contributed by atoms with E-state index >= 15 is 0 Å². The lowest BCUT2D eigenvalue weighted by Gasteiger charge is -2.09. The number of nitrogens with zero attached hydrogens (tertiary/aromatic N) is 2. The lowest BCUT2D eigenvalue weighted by molar-refractivity contribution is 0.242. The van der Waals surface area contributed by atoms with Gasteiger partial charge in [-0.1, -0.05) is 18.1 Å². The largest absolute Gasteiger partial charge is 0.491 e. The van der Waals surface area contributed by atoms with E-state index in [0.717, 1.165) is 11.3 Å². The number of nitrogens with two attached hydrogens (primary N) is 1. The zero-order valence-electron chi connectivity index (χ0n) is 11.5. The first-order valence-corrected chi connectivity index (χ1v) is 6.41. The molecule has 19 heavy (non-hydrogen) atoms. The average molecular weight is 261 g/mol. The van der Waals surface area contributed by atoms with Crippen molar-refractivity contribution in [1.82, 2.24) is 10.1 Å². The predicted molar refractivity (Wildman–Crippen MR) is 73.0 cm³/mol. The molecule has 5 heteroatoms. The van der Waals surface area contributed by atoms with Crippen LogP contribution in [-0.4, -0.2) is 22.8 Å². The van der Waals surface area contributed by atoms with Gasteiger partial charge in [-0.25, -0.2) is 0 Å². The molecule has 0 spiro atoms. The van der Waals surface area contributed by atoms with E-state index in [1.165, 1.54) is 0 Å². The molecule has 0 amide bonds. The summed E-state index contributed by atoms with van der Waals surface area (Å²) in [6.07, 6.45) is 0.130. The normalized spacial score (nSPS) is 12.7. The molecule has 0 radical (unpaired) electrons. The molecule has 0 bridgehead atoms. The number of aromatic nitrogens is 2. The molecule has 5 nitrogen and oxygen atoms in total. The molecule has 1 unspecified atom stereocenters. The van der Waals surface area contributed by atoms with Gasteiger partial charge in [-0.15, -0.1) is 0 Å². The van der Waals surface area contributed by atoms with E-state index in [-0.39, 0.29) is 12.0 Å². The van der Waals surface area contributed by atoms with Crippen LogP contribution in [0.2, 0.25) is 0 Å². The second-order valence-electron chi connectivity index (χ2n) is 4.79. The van der Waals surface area contributed by atoms with Crippen LogP contribution in [0.25, 0.3) is 11.5 Å². The van der Waals surface area contributed by atoms with E-state index in [4.69, 9.17) is 15.0 Å². The van der Waals surface area contributed by atoms with Gasteiger partial charge in [0.25, 0.3) is 5.89 Å². The minimum atomic E-state index is 0.0904. The maximum absolute atomic E-state index is 5.64. The summed E-state index contributed by atoms with van der Waals surface area (Å²) < 4.78 is 10.9. The first-order valence-electron chi connectivity index (χ1n) is 6.41. The van der Waals surface area contributed by atoms with Crippen molar-refractivity contribution in [3.05, 3.63) is 30.1 Å². The summed E-state index contributed by atoms with van der Waals surface area (Å²) in [5.41, 5.74) is 6.44. The van der Waals surface area contributed by atoms with Crippen LogP contribution in [0.15, 0.2) is 28.8 Å². The molecule has 2 aromatic rings. The number of rotatable bonds is 5. The Balaban J connectivity index is 2.24. The maximum atomic E-state index is 5.64. The van der Waals surface area contributed by atoms with Crippen LogP contribution in [0.3, 0.4) is 0 Å². The number of benzene rings is 1. The first-order chi connectivity index (χ1) is 9.10. The highest BCUT2D eigenvalue weighted by Gasteiger charge is 2.14. The second kappa shape index (κ2) is 5.84. The molecule has 0 aliphatic heterocycles. The lowest BCUT2D eigenvalue weighted by atomic mass is 10.2. The third-order valence-electron chi connectivity index (χ3n) is 2.69. The topological polar surface area (TPSA) is 74.2 Å². The van der Waals surface area contributed by atoms with Gasteiger partial charge in [0.1, 0.15) is 5.75 Å². The fraction of sp³-hybridized carbons (Fsp3) is 0.429. The van der Waals surface area contributed by atoms with Gasteiger partial charge in [0.15, 0.2) is 5.82 Å². The first kappa shape index (κ1) is 13.5. The van der Waals surface area contributed by atoms with E-state index in [2.05, 4.69) is 10.1 Å². The van der Waals surface area contributed by atoms with Gasteiger partial charge in [0, 0.05) is 18.0 Å². The third-order valence-corrected chi connectivity index (χ3v) is 2.69. The summed E-state index contributed by atoms with van der Waals surface area (Å²) in [5.74, 6) is 2.00. The summed E-state index contributed by atoms with van der Waals surface area (Å²) in [7, 11) is 0. The highest BCUT2D eigenvalue weighted by atomic mass is 16.5. The van der Waals surface area contributed by atoms with Crippen molar-refractivity contribution in [2.24, 2.45) is 5.73 Å². The number of hydrogen-bond donors (Lipinski definition) is 1. The van der Waals surface area contributed by atoms with Crippen LogP contribution in [0, 0.1) is 0 Å². The molecule has 0 aliphatic carbocycles. The van der Waals surface area contributed by atoms with Gasteiger partial charge in [0.2, 0.25) is 0 Å². The molecule has 1 aromatic heterocycles. The van der Waals surface area contributed by atoms with Gasteiger partial charge in [0.05, 0.1) is 6.10 Å². The molecule has 2 N–H and O–H groups in total. The zero-order valence-corrected chi connectivity index (χ0v) is 11.5. The van der Waals surface area contributed by atoms with E-state index in [1.807, 2.05) is 45.0 Å². The lowest BCUT2D eigenvalue weighted by Crippen LogP contribution is -2.10. The van der Waals surface area contributed by atoms with Gasteiger partial charge in [-0.3, -0.25) is 0 Å². The summed E-state index contributed by atoms with van der Waals surface area (Å²) in [6.45, 7) is 6.43. The monoisotopic (exact) mass is 261 g/mol. The number of ether oxygens (including phenoxy) is 1. The summed E-state index contributed by atoms with van der Waals surface area (Å²) in [5, 5.41) is 3.95. The molecular weight excluding hydrogens is 242 g/mol. The average Bonchev–Trinajstić information content (AvgIpc) is 2.87. The predicted octanol–water partition coefficient (Wildman–Crippen LogP) is 2.59. The quantitative estimate of drug-likeness (QED) is 0.895. The Hall–Kier alpha value is -1.88. The Kier molecular flexibility index (Phi) is 4.16. The molecule has 1 heterocycles. The van der Waals surface area contributed by atoms with Crippen molar-refractivity contribution in [3.63, 3.8) is 0 Å². The smallest absolute Gasteiger partial charge is 0.258 e. The molecule has 0 saturated carbocycles. The standard InChI is InChI=1S/C14H19N3O2/c1-9(2)18-12-6-4-5-11(7-12)14-16-13(17-19-14)10(3)8-15/h4-7,9-10H,8,15H2,1-3H3. The van der Waals surface area contributed by atoms with Crippen molar-refractivity contribution >= 4 is 0 Å². The van der Waals surface area contributed by atoms with Crippen molar-refractivity contribution in [1.29, 1.82) is 0 Å². The van der Waals surface area contributed by atoms with E-state index in [9.17, 15) is 0 Å². The molecule has 102 valence electrons. The third kappa shape index (κ3) is 3.32. The van der Waals surface area contributed by atoms with Crippen molar-refractivity contribution in [2.45, 2.75) is 32.8 Å². The minimum Gasteiger partial charge on any atom is -0.491 e. The maximum Gasteiger partial charge on any atom is 0.258 e. The highest BCUT2D eigenvalue weighted by Crippen LogP contribution is 2.24. The van der Waals surface area contributed by atoms with Crippen LogP contribution in [-0.2, 0) is 0 Å². The highest BCUT2D eigenvalue weighted by molar-refractivity contribution is 5.55. The van der Waals surface area contributed by atoms with Crippen LogP contribution < -0.4 is 10.5 Å². The molecular formula is C14H19N3O2. The van der Waals surface area contributed by atoms with Crippen molar-refractivity contribution < 1.29 is 9.26 Å². The fourth-order valence-electron chi connectivity index (χ4n) is 1.63. The fourth-order valence-corrected chi connectivity index (χ4v) is 1.63. The van der Waals surface area contributed by atoms with Crippen LogP contribution in [0.1, 0.15) is 32.5 Å². The Morgan fingerprint density at radius 2 is 2.11 bits per heavy atom. The van der Waals surface area contributed by atoms with Crippen LogP contribution in [0.5, 0.6) is 5.75 Å². The summed E-state index contributed by atoms with van der Waals surface area (Å²) >= 11 is 0. The number of hydrogen-bond acceptors (Lipinski definition) is 5. The minimum absolute atomic E-state index is 0.0904. The van der Waals surface area contributed by atoms with E-state index in [0.29, 0.717) is 18.3 Å². The second-order valence-corrected chi connectivity index (χ2v) is 4.79. The van der Waals surface area contributed by atoms with Gasteiger partial charge in [-0.05, 0) is 32.0 Å². The Bertz CT molecular complexity index is 537. The Morgan fingerprint density at radius 3 is 2.79 bits per heavy atom. The van der Waals surface area contributed by atoms with E-state index in [1.54, 1.807) is 0 Å². The van der Waals surface area contributed by atoms with Crippen LogP contribution >= 0.6 is 0 Å².